The molecule has 0 spiro atoms. The van der Waals surface area contributed by atoms with Crippen LogP contribution >= 0.6 is 23.2 Å². The molecule has 3 amide bonds. The van der Waals surface area contributed by atoms with Crippen LogP contribution in [0, 0.1) is 13.8 Å². The van der Waals surface area contributed by atoms with Crippen LogP contribution in [0.1, 0.15) is 38.7 Å². The quantitative estimate of drug-likeness (QED) is 0.431. The van der Waals surface area contributed by atoms with Gasteiger partial charge in [0.15, 0.2) is 0 Å². The number of carbonyl (C=O) groups is 3. The molecule has 8 heteroatoms. The average Bonchev–Trinajstić information content (AvgIpc) is 2.82. The molecule has 0 aliphatic carbocycles. The van der Waals surface area contributed by atoms with E-state index in [0.717, 1.165) is 22.3 Å². The molecule has 0 saturated heterocycles. The molecule has 0 radical (unpaired) electrons. The zero-order valence-electron chi connectivity index (χ0n) is 18.8. The molecule has 3 aromatic rings. The molecule has 3 aromatic carbocycles. The minimum atomic E-state index is -0.514. The SMILES string of the molecule is Cc1ccc(C(NC(=O)CNC(=O)CNC(=O)c2ccc(Cl)cc2Cl)c2ccccc2)cc1C. The first-order chi connectivity index (χ1) is 16.2. The number of halogens is 2. The summed E-state index contributed by atoms with van der Waals surface area (Å²) in [6, 6.07) is 19.7. The summed E-state index contributed by atoms with van der Waals surface area (Å²) in [4.78, 5) is 37.1. The molecule has 0 aromatic heterocycles. The summed E-state index contributed by atoms with van der Waals surface area (Å²) in [6.07, 6.45) is 0. The van der Waals surface area contributed by atoms with Gasteiger partial charge in [-0.15, -0.1) is 0 Å². The van der Waals surface area contributed by atoms with E-state index >= 15 is 0 Å². The Morgan fingerprint density at radius 1 is 0.765 bits per heavy atom. The Morgan fingerprint density at radius 3 is 2.15 bits per heavy atom. The fourth-order valence-corrected chi connectivity index (χ4v) is 3.83. The molecule has 0 fully saturated rings. The lowest BCUT2D eigenvalue weighted by Crippen LogP contribution is -2.43. The number of amides is 3. The molecule has 3 rings (SSSR count). The van der Waals surface area contributed by atoms with Gasteiger partial charge in [0.2, 0.25) is 11.8 Å². The Kier molecular flexibility index (Phi) is 8.68. The Labute approximate surface area is 208 Å². The lowest BCUT2D eigenvalue weighted by Gasteiger charge is -2.21. The smallest absolute Gasteiger partial charge is 0.253 e. The molecule has 0 aliphatic heterocycles. The fourth-order valence-electron chi connectivity index (χ4n) is 3.33. The van der Waals surface area contributed by atoms with Crippen LogP contribution in [0.15, 0.2) is 66.7 Å². The molecular weight excluding hydrogens is 473 g/mol. The van der Waals surface area contributed by atoms with Gasteiger partial charge in [-0.25, -0.2) is 0 Å². The molecule has 1 unspecified atom stereocenters. The molecule has 0 heterocycles. The molecule has 1 atom stereocenters. The molecule has 6 nitrogen and oxygen atoms in total. The van der Waals surface area contributed by atoms with E-state index < -0.39 is 11.8 Å². The van der Waals surface area contributed by atoms with E-state index in [9.17, 15) is 14.4 Å². The third kappa shape index (κ3) is 6.83. The van der Waals surface area contributed by atoms with Gasteiger partial charge in [-0.2, -0.15) is 0 Å². The summed E-state index contributed by atoms with van der Waals surface area (Å²) in [5.74, 6) is -1.37. The van der Waals surface area contributed by atoms with Crippen LogP contribution in [0.25, 0.3) is 0 Å². The van der Waals surface area contributed by atoms with E-state index in [0.29, 0.717) is 5.02 Å². The number of aryl methyl sites for hydroxylation is 2. The van der Waals surface area contributed by atoms with Crippen molar-refractivity contribution in [1.82, 2.24) is 16.0 Å². The van der Waals surface area contributed by atoms with E-state index in [1.165, 1.54) is 18.2 Å². The third-order valence-corrected chi connectivity index (χ3v) is 5.88. The standard InChI is InChI=1S/C26H25Cl2N3O3/c1-16-8-9-19(12-17(16)2)25(18-6-4-3-5-7-18)31-24(33)15-29-23(32)14-30-26(34)21-11-10-20(27)13-22(21)28/h3-13,25H,14-15H2,1-2H3,(H,29,32)(H,30,34)(H,31,33). The third-order valence-electron chi connectivity index (χ3n) is 5.33. The molecule has 3 N–H and O–H groups in total. The lowest BCUT2D eigenvalue weighted by molar-refractivity contribution is -0.125. The molecule has 34 heavy (non-hydrogen) atoms. The monoisotopic (exact) mass is 497 g/mol. The second kappa shape index (κ2) is 11.7. The van der Waals surface area contributed by atoms with E-state index in [1.54, 1.807) is 0 Å². The first-order valence-electron chi connectivity index (χ1n) is 10.7. The first kappa shape index (κ1) is 25.3. The van der Waals surface area contributed by atoms with E-state index in [4.69, 9.17) is 23.2 Å². The summed E-state index contributed by atoms with van der Waals surface area (Å²) in [7, 11) is 0. The maximum absolute atomic E-state index is 12.6. The summed E-state index contributed by atoms with van der Waals surface area (Å²) in [5, 5.41) is 8.57. The number of hydrogen-bond donors (Lipinski definition) is 3. The highest BCUT2D eigenvalue weighted by molar-refractivity contribution is 6.36. The van der Waals surface area contributed by atoms with E-state index in [2.05, 4.69) is 16.0 Å². The minimum Gasteiger partial charge on any atom is -0.346 e. The van der Waals surface area contributed by atoms with Crippen molar-refractivity contribution in [3.8, 4) is 0 Å². The van der Waals surface area contributed by atoms with Crippen LogP contribution in [0.5, 0.6) is 0 Å². The lowest BCUT2D eigenvalue weighted by atomic mass is 9.95. The van der Waals surface area contributed by atoms with Gasteiger partial charge in [-0.05, 0) is 54.3 Å². The number of carbonyl (C=O) groups excluding carboxylic acids is 3. The van der Waals surface area contributed by atoms with Gasteiger partial charge >= 0.3 is 0 Å². The highest BCUT2D eigenvalue weighted by Gasteiger charge is 2.18. The number of benzene rings is 3. The number of rotatable bonds is 8. The maximum atomic E-state index is 12.6. The molecule has 0 bridgehead atoms. The van der Waals surface area contributed by atoms with Gasteiger partial charge in [-0.3, -0.25) is 14.4 Å². The normalized spacial score (nSPS) is 11.4. The molecular formula is C26H25Cl2N3O3. The maximum Gasteiger partial charge on any atom is 0.253 e. The van der Waals surface area contributed by atoms with Crippen molar-refractivity contribution in [1.29, 1.82) is 0 Å². The van der Waals surface area contributed by atoms with Crippen molar-refractivity contribution in [3.63, 3.8) is 0 Å². The van der Waals surface area contributed by atoms with Crippen LogP contribution < -0.4 is 16.0 Å². The van der Waals surface area contributed by atoms with Gasteiger partial charge in [0, 0.05) is 5.02 Å². The van der Waals surface area contributed by atoms with Gasteiger partial charge in [-0.1, -0.05) is 71.7 Å². The van der Waals surface area contributed by atoms with Crippen molar-refractivity contribution in [2.24, 2.45) is 0 Å². The van der Waals surface area contributed by atoms with Crippen molar-refractivity contribution in [2.75, 3.05) is 13.1 Å². The minimum absolute atomic E-state index is 0.183. The van der Waals surface area contributed by atoms with E-state index in [1.807, 2.05) is 62.4 Å². The van der Waals surface area contributed by atoms with Crippen LogP contribution in [-0.2, 0) is 9.59 Å². The first-order valence-corrected chi connectivity index (χ1v) is 11.4. The fraction of sp³-hybridized carbons (Fsp3) is 0.192. The second-order valence-electron chi connectivity index (χ2n) is 7.84. The summed E-state index contributed by atoms with van der Waals surface area (Å²) < 4.78 is 0. The van der Waals surface area contributed by atoms with Crippen LogP contribution in [-0.4, -0.2) is 30.8 Å². The van der Waals surface area contributed by atoms with Crippen molar-refractivity contribution >= 4 is 40.9 Å². The van der Waals surface area contributed by atoms with Gasteiger partial charge < -0.3 is 16.0 Å². The van der Waals surface area contributed by atoms with Crippen molar-refractivity contribution < 1.29 is 14.4 Å². The van der Waals surface area contributed by atoms with Crippen molar-refractivity contribution in [2.45, 2.75) is 19.9 Å². The molecule has 0 saturated carbocycles. The highest BCUT2D eigenvalue weighted by atomic mass is 35.5. The zero-order chi connectivity index (χ0) is 24.7. The van der Waals surface area contributed by atoms with Gasteiger partial charge in [0.25, 0.3) is 5.91 Å². The summed E-state index contributed by atoms with van der Waals surface area (Å²) in [5.41, 5.74) is 4.36. The molecule has 0 aliphatic rings. The van der Waals surface area contributed by atoms with E-state index in [-0.39, 0.29) is 35.6 Å². The summed E-state index contributed by atoms with van der Waals surface area (Å²) in [6.45, 7) is 3.52. The van der Waals surface area contributed by atoms with Crippen LogP contribution in [0.2, 0.25) is 10.0 Å². The Bertz CT molecular complexity index is 1200. The predicted octanol–water partition coefficient (Wildman–Crippen LogP) is 4.36. The van der Waals surface area contributed by atoms with Crippen LogP contribution in [0.4, 0.5) is 0 Å². The zero-order valence-corrected chi connectivity index (χ0v) is 20.3. The largest absolute Gasteiger partial charge is 0.346 e. The highest BCUT2D eigenvalue weighted by Crippen LogP contribution is 2.24. The Balaban J connectivity index is 1.57. The van der Waals surface area contributed by atoms with Gasteiger partial charge in [0.05, 0.1) is 29.7 Å². The summed E-state index contributed by atoms with van der Waals surface area (Å²) >= 11 is 11.8. The van der Waals surface area contributed by atoms with Gasteiger partial charge in [0.1, 0.15) is 0 Å². The Hall–Kier alpha value is -3.35. The number of nitrogens with one attached hydrogen (secondary N) is 3. The second-order valence-corrected chi connectivity index (χ2v) is 8.68. The predicted molar refractivity (Wildman–Crippen MR) is 134 cm³/mol. The molecule has 176 valence electrons. The topological polar surface area (TPSA) is 87.3 Å². The Morgan fingerprint density at radius 2 is 1.47 bits per heavy atom. The van der Waals surface area contributed by atoms with Crippen LogP contribution in [0.3, 0.4) is 0 Å². The van der Waals surface area contributed by atoms with Crippen molar-refractivity contribution in [3.05, 3.63) is 105 Å². The average molecular weight is 498 g/mol. The number of hydrogen-bond acceptors (Lipinski definition) is 3.